The molecular formula is C17H19N3O3. The molecule has 1 aromatic heterocycles. The standard InChI is InChI=1S/C17H19N3O3/c1-13(11-14-6-8-15(23-2)9-7-14)18-19-16(21)12-20-10-4-3-5-17(20)22/h3-10H,11-12H2,1-2H3,(H,19,21)/b18-13-. The maximum Gasteiger partial charge on any atom is 0.260 e. The van der Waals surface area contributed by atoms with E-state index in [1.54, 1.807) is 25.4 Å². The molecule has 0 aliphatic rings. The van der Waals surface area contributed by atoms with Crippen molar-refractivity contribution in [2.45, 2.75) is 19.9 Å². The number of amides is 1. The summed E-state index contributed by atoms with van der Waals surface area (Å²) in [6, 6.07) is 12.4. The van der Waals surface area contributed by atoms with Gasteiger partial charge in [-0.3, -0.25) is 9.59 Å². The first-order valence-corrected chi connectivity index (χ1v) is 7.19. The molecule has 0 spiro atoms. The SMILES string of the molecule is COc1ccc(C/C(C)=N\NC(=O)Cn2ccccc2=O)cc1. The molecule has 23 heavy (non-hydrogen) atoms. The molecule has 6 heteroatoms. The van der Waals surface area contributed by atoms with Crippen molar-refractivity contribution < 1.29 is 9.53 Å². The molecule has 0 radical (unpaired) electrons. The van der Waals surface area contributed by atoms with Crippen LogP contribution >= 0.6 is 0 Å². The fraction of sp³-hybridized carbons (Fsp3) is 0.235. The van der Waals surface area contributed by atoms with Crippen LogP contribution in [0.3, 0.4) is 0 Å². The van der Waals surface area contributed by atoms with Crippen molar-refractivity contribution in [2.75, 3.05) is 7.11 Å². The number of hydrogen-bond acceptors (Lipinski definition) is 4. The zero-order chi connectivity index (χ0) is 16.7. The highest BCUT2D eigenvalue weighted by atomic mass is 16.5. The van der Waals surface area contributed by atoms with Gasteiger partial charge in [-0.2, -0.15) is 5.10 Å². The van der Waals surface area contributed by atoms with Crippen molar-refractivity contribution in [2.24, 2.45) is 5.10 Å². The number of carbonyl (C=O) groups excluding carboxylic acids is 1. The van der Waals surface area contributed by atoms with Crippen molar-refractivity contribution in [1.82, 2.24) is 9.99 Å². The molecule has 0 saturated heterocycles. The molecule has 0 unspecified atom stereocenters. The lowest BCUT2D eigenvalue weighted by atomic mass is 10.1. The maximum atomic E-state index is 11.8. The Labute approximate surface area is 134 Å². The van der Waals surface area contributed by atoms with Crippen LogP contribution < -0.4 is 15.7 Å². The first-order valence-electron chi connectivity index (χ1n) is 7.19. The van der Waals surface area contributed by atoms with Crippen molar-refractivity contribution in [3.63, 3.8) is 0 Å². The molecule has 6 nitrogen and oxygen atoms in total. The van der Waals surface area contributed by atoms with E-state index in [1.165, 1.54) is 10.6 Å². The van der Waals surface area contributed by atoms with Gasteiger partial charge in [0, 0.05) is 24.4 Å². The van der Waals surface area contributed by atoms with Gasteiger partial charge in [-0.1, -0.05) is 18.2 Å². The summed E-state index contributed by atoms with van der Waals surface area (Å²) in [5.41, 5.74) is 4.08. The number of hydrogen-bond donors (Lipinski definition) is 1. The Morgan fingerprint density at radius 3 is 2.61 bits per heavy atom. The van der Waals surface area contributed by atoms with Gasteiger partial charge in [0.05, 0.1) is 7.11 Å². The van der Waals surface area contributed by atoms with Gasteiger partial charge in [0.2, 0.25) is 0 Å². The van der Waals surface area contributed by atoms with Crippen LogP contribution in [0.2, 0.25) is 0 Å². The van der Waals surface area contributed by atoms with Gasteiger partial charge in [0.1, 0.15) is 12.3 Å². The first kappa shape index (κ1) is 16.5. The first-order chi connectivity index (χ1) is 11.1. The summed E-state index contributed by atoms with van der Waals surface area (Å²) in [6.45, 7) is 1.78. The minimum absolute atomic E-state index is 0.0566. The van der Waals surface area contributed by atoms with Crippen LogP contribution in [0.25, 0.3) is 0 Å². The summed E-state index contributed by atoms with van der Waals surface area (Å²) in [5.74, 6) is 0.456. The highest BCUT2D eigenvalue weighted by molar-refractivity contribution is 5.86. The maximum absolute atomic E-state index is 11.8. The van der Waals surface area contributed by atoms with E-state index in [0.29, 0.717) is 6.42 Å². The summed E-state index contributed by atoms with van der Waals surface area (Å²) in [4.78, 5) is 23.3. The lowest BCUT2D eigenvalue weighted by Crippen LogP contribution is -2.29. The highest BCUT2D eigenvalue weighted by Crippen LogP contribution is 2.11. The monoisotopic (exact) mass is 313 g/mol. The van der Waals surface area contributed by atoms with E-state index in [2.05, 4.69) is 10.5 Å². The number of pyridine rings is 1. The predicted octanol–water partition coefficient (Wildman–Crippen LogP) is 1.59. The predicted molar refractivity (Wildman–Crippen MR) is 88.7 cm³/mol. The molecule has 0 aliphatic carbocycles. The number of benzene rings is 1. The van der Waals surface area contributed by atoms with E-state index in [1.807, 2.05) is 31.2 Å². The van der Waals surface area contributed by atoms with Crippen LogP contribution in [0.15, 0.2) is 58.6 Å². The Morgan fingerprint density at radius 1 is 1.22 bits per heavy atom. The Balaban J connectivity index is 1.89. The largest absolute Gasteiger partial charge is 0.497 e. The molecule has 2 aromatic rings. The van der Waals surface area contributed by atoms with Gasteiger partial charge in [0.25, 0.3) is 11.5 Å². The molecular weight excluding hydrogens is 294 g/mol. The van der Waals surface area contributed by atoms with Crippen LogP contribution in [0, 0.1) is 0 Å². The summed E-state index contributed by atoms with van der Waals surface area (Å²) < 4.78 is 6.43. The summed E-state index contributed by atoms with van der Waals surface area (Å²) in [6.07, 6.45) is 2.19. The molecule has 0 bridgehead atoms. The molecule has 0 fully saturated rings. The molecule has 1 amide bonds. The number of methoxy groups -OCH3 is 1. The average molecular weight is 313 g/mol. The van der Waals surface area contributed by atoms with Crippen LogP contribution in [0.5, 0.6) is 5.75 Å². The number of rotatable bonds is 6. The molecule has 1 aromatic carbocycles. The average Bonchev–Trinajstić information content (AvgIpc) is 2.56. The highest BCUT2D eigenvalue weighted by Gasteiger charge is 2.03. The van der Waals surface area contributed by atoms with Crippen LogP contribution in [-0.4, -0.2) is 23.3 Å². The number of nitrogens with one attached hydrogen (secondary N) is 1. The molecule has 2 rings (SSSR count). The second-order valence-electron chi connectivity index (χ2n) is 5.07. The molecule has 1 N–H and O–H groups in total. The Morgan fingerprint density at radius 2 is 1.96 bits per heavy atom. The van der Waals surface area contributed by atoms with Crippen LogP contribution in [0.4, 0.5) is 0 Å². The molecule has 1 heterocycles. The van der Waals surface area contributed by atoms with E-state index >= 15 is 0 Å². The number of aromatic nitrogens is 1. The Bertz CT molecular complexity index is 748. The van der Waals surface area contributed by atoms with Crippen molar-refractivity contribution in [1.29, 1.82) is 0 Å². The second-order valence-corrected chi connectivity index (χ2v) is 5.07. The summed E-state index contributed by atoms with van der Waals surface area (Å²) in [5, 5.41) is 4.06. The van der Waals surface area contributed by atoms with Gasteiger partial charge in [-0.05, 0) is 30.7 Å². The summed E-state index contributed by atoms with van der Waals surface area (Å²) >= 11 is 0. The quantitative estimate of drug-likeness (QED) is 0.650. The molecule has 0 saturated carbocycles. The Kier molecular flexibility index (Phi) is 5.68. The zero-order valence-corrected chi connectivity index (χ0v) is 13.2. The third-order valence-electron chi connectivity index (χ3n) is 3.20. The van der Waals surface area contributed by atoms with E-state index < -0.39 is 0 Å². The summed E-state index contributed by atoms with van der Waals surface area (Å²) in [7, 11) is 1.62. The second kappa shape index (κ2) is 7.93. The smallest absolute Gasteiger partial charge is 0.260 e. The molecule has 120 valence electrons. The van der Waals surface area contributed by atoms with Gasteiger partial charge in [0.15, 0.2) is 0 Å². The topological polar surface area (TPSA) is 72.7 Å². The number of carbonyl (C=O) groups is 1. The third kappa shape index (κ3) is 5.10. The van der Waals surface area contributed by atoms with Gasteiger partial charge < -0.3 is 9.30 Å². The van der Waals surface area contributed by atoms with Gasteiger partial charge in [-0.15, -0.1) is 0 Å². The number of ether oxygens (including phenoxy) is 1. The fourth-order valence-corrected chi connectivity index (χ4v) is 2.02. The van der Waals surface area contributed by atoms with Crippen LogP contribution in [-0.2, 0) is 17.8 Å². The minimum Gasteiger partial charge on any atom is -0.497 e. The van der Waals surface area contributed by atoms with Crippen molar-refractivity contribution >= 4 is 11.6 Å². The Hall–Kier alpha value is -2.89. The molecule has 0 aliphatic heterocycles. The van der Waals surface area contributed by atoms with Crippen molar-refractivity contribution in [3.8, 4) is 5.75 Å². The number of hydrazone groups is 1. The van der Waals surface area contributed by atoms with E-state index in [0.717, 1.165) is 17.0 Å². The zero-order valence-electron chi connectivity index (χ0n) is 13.2. The lowest BCUT2D eigenvalue weighted by Gasteiger charge is -2.06. The lowest BCUT2D eigenvalue weighted by molar-refractivity contribution is -0.121. The fourth-order valence-electron chi connectivity index (χ4n) is 2.02. The third-order valence-corrected chi connectivity index (χ3v) is 3.20. The van der Waals surface area contributed by atoms with E-state index in [9.17, 15) is 9.59 Å². The number of nitrogens with zero attached hydrogens (tertiary/aromatic N) is 2. The van der Waals surface area contributed by atoms with Crippen LogP contribution in [0.1, 0.15) is 12.5 Å². The van der Waals surface area contributed by atoms with Crippen molar-refractivity contribution in [3.05, 3.63) is 64.6 Å². The molecule has 0 atom stereocenters. The van der Waals surface area contributed by atoms with E-state index in [4.69, 9.17) is 4.74 Å². The van der Waals surface area contributed by atoms with E-state index in [-0.39, 0.29) is 18.0 Å². The van der Waals surface area contributed by atoms with Gasteiger partial charge >= 0.3 is 0 Å². The normalized spacial score (nSPS) is 11.1. The minimum atomic E-state index is -0.340. The van der Waals surface area contributed by atoms with Gasteiger partial charge in [-0.25, -0.2) is 5.43 Å².